The Balaban J connectivity index is 3.03. The van der Waals surface area contributed by atoms with E-state index in [0.29, 0.717) is 0 Å². The molecule has 0 aliphatic carbocycles. The normalized spacial score (nSPS) is 11.8. The fourth-order valence-corrected chi connectivity index (χ4v) is 0.774. The van der Waals surface area contributed by atoms with Gasteiger partial charge in [-0.3, -0.25) is 0 Å². The predicted octanol–water partition coefficient (Wildman–Crippen LogP) is 2.94. The summed E-state index contributed by atoms with van der Waals surface area (Å²) in [6.07, 6.45) is 11.9. The third-order valence-corrected chi connectivity index (χ3v) is 1.39. The van der Waals surface area contributed by atoms with Crippen molar-refractivity contribution in [3.63, 3.8) is 0 Å². The molecule has 1 heteroatoms. The van der Waals surface area contributed by atoms with Crippen LogP contribution in [0.1, 0.15) is 26.2 Å². The number of hydrogen-bond acceptors (Lipinski definition) is 1. The Morgan fingerprint density at radius 3 is 2.64 bits per heavy atom. The van der Waals surface area contributed by atoms with Gasteiger partial charge >= 0.3 is 0 Å². The molecule has 0 aromatic carbocycles. The Hall–Kier alpha value is -0.560. The van der Waals surface area contributed by atoms with E-state index in [1.807, 2.05) is 6.92 Å². The highest BCUT2D eigenvalue weighted by Gasteiger charge is 1.79. The first-order chi connectivity index (χ1) is 5.41. The number of hydrogen-bond donors (Lipinski definition) is 0. The van der Waals surface area contributed by atoms with Gasteiger partial charge < -0.3 is 4.74 Å². The molecular formula is C10H18O. The molecule has 0 amide bonds. The van der Waals surface area contributed by atoms with Crippen molar-refractivity contribution in [3.05, 3.63) is 24.3 Å². The number of allylic oxidation sites excluding steroid dienone is 4. The van der Waals surface area contributed by atoms with Crippen LogP contribution in [0.3, 0.4) is 0 Å². The van der Waals surface area contributed by atoms with Crippen LogP contribution in [0.5, 0.6) is 0 Å². The molecule has 0 heterocycles. The van der Waals surface area contributed by atoms with Gasteiger partial charge in [0, 0.05) is 13.7 Å². The van der Waals surface area contributed by atoms with Gasteiger partial charge in [-0.2, -0.15) is 0 Å². The van der Waals surface area contributed by atoms with Crippen molar-refractivity contribution in [2.75, 3.05) is 13.7 Å². The van der Waals surface area contributed by atoms with Gasteiger partial charge in [-0.05, 0) is 26.2 Å². The standard InChI is InChI=1S/C10H18O/c1-3-4-5-6-7-8-9-10-11-2/h3-4,6-7H,5,8-10H2,1-2H3. The highest BCUT2D eigenvalue weighted by Crippen LogP contribution is 1.93. The molecule has 0 aliphatic rings. The summed E-state index contributed by atoms with van der Waals surface area (Å²) >= 11 is 0. The fraction of sp³-hybridized carbons (Fsp3) is 0.600. The van der Waals surface area contributed by atoms with E-state index in [2.05, 4.69) is 24.3 Å². The number of methoxy groups -OCH3 is 1. The van der Waals surface area contributed by atoms with Crippen LogP contribution in [0.25, 0.3) is 0 Å². The molecule has 0 saturated heterocycles. The minimum absolute atomic E-state index is 0.869. The van der Waals surface area contributed by atoms with Crippen molar-refractivity contribution in [3.8, 4) is 0 Å². The van der Waals surface area contributed by atoms with Crippen LogP contribution in [-0.2, 0) is 4.74 Å². The van der Waals surface area contributed by atoms with Crippen molar-refractivity contribution in [2.45, 2.75) is 26.2 Å². The molecular weight excluding hydrogens is 136 g/mol. The maximum Gasteiger partial charge on any atom is 0.0465 e. The zero-order valence-electron chi connectivity index (χ0n) is 7.55. The Morgan fingerprint density at radius 2 is 2.00 bits per heavy atom. The Morgan fingerprint density at radius 1 is 1.18 bits per heavy atom. The van der Waals surface area contributed by atoms with Crippen LogP contribution in [0.15, 0.2) is 24.3 Å². The second kappa shape index (κ2) is 9.44. The highest BCUT2D eigenvalue weighted by molar-refractivity contribution is 4.91. The van der Waals surface area contributed by atoms with Crippen LogP contribution in [0, 0.1) is 0 Å². The van der Waals surface area contributed by atoms with Gasteiger partial charge in [-0.1, -0.05) is 24.3 Å². The van der Waals surface area contributed by atoms with E-state index in [0.717, 1.165) is 25.9 Å². The summed E-state index contributed by atoms with van der Waals surface area (Å²) in [5.74, 6) is 0. The predicted molar refractivity (Wildman–Crippen MR) is 49.7 cm³/mol. The summed E-state index contributed by atoms with van der Waals surface area (Å²) in [6, 6.07) is 0. The SMILES string of the molecule is CC=CCC=CCCCOC. The van der Waals surface area contributed by atoms with Gasteiger partial charge in [0.1, 0.15) is 0 Å². The lowest BCUT2D eigenvalue weighted by Crippen LogP contribution is -1.85. The largest absolute Gasteiger partial charge is 0.385 e. The van der Waals surface area contributed by atoms with Crippen LogP contribution in [-0.4, -0.2) is 13.7 Å². The maximum atomic E-state index is 4.92. The van der Waals surface area contributed by atoms with E-state index in [1.54, 1.807) is 7.11 Å². The minimum Gasteiger partial charge on any atom is -0.385 e. The van der Waals surface area contributed by atoms with Crippen LogP contribution >= 0.6 is 0 Å². The van der Waals surface area contributed by atoms with E-state index >= 15 is 0 Å². The molecule has 0 saturated carbocycles. The third-order valence-electron chi connectivity index (χ3n) is 1.39. The topological polar surface area (TPSA) is 9.23 Å². The Bertz CT molecular complexity index is 114. The molecule has 0 aromatic heterocycles. The molecule has 0 unspecified atom stereocenters. The zero-order chi connectivity index (χ0) is 8.36. The first-order valence-corrected chi connectivity index (χ1v) is 4.17. The molecule has 0 bridgehead atoms. The monoisotopic (exact) mass is 154 g/mol. The molecule has 0 radical (unpaired) electrons. The van der Waals surface area contributed by atoms with Gasteiger partial charge in [0.15, 0.2) is 0 Å². The molecule has 0 aliphatic heterocycles. The van der Waals surface area contributed by atoms with Crippen molar-refractivity contribution in [1.82, 2.24) is 0 Å². The van der Waals surface area contributed by atoms with Crippen molar-refractivity contribution in [1.29, 1.82) is 0 Å². The first kappa shape index (κ1) is 10.4. The van der Waals surface area contributed by atoms with Crippen LogP contribution in [0.4, 0.5) is 0 Å². The highest BCUT2D eigenvalue weighted by atomic mass is 16.5. The Labute approximate surface area is 69.8 Å². The molecule has 64 valence electrons. The molecule has 0 spiro atoms. The number of unbranched alkanes of at least 4 members (excludes halogenated alkanes) is 1. The second-order valence-electron chi connectivity index (χ2n) is 2.41. The van der Waals surface area contributed by atoms with Gasteiger partial charge in [0.25, 0.3) is 0 Å². The van der Waals surface area contributed by atoms with E-state index in [-0.39, 0.29) is 0 Å². The first-order valence-electron chi connectivity index (χ1n) is 4.17. The van der Waals surface area contributed by atoms with Gasteiger partial charge in [-0.15, -0.1) is 0 Å². The van der Waals surface area contributed by atoms with Crippen molar-refractivity contribution < 1.29 is 4.74 Å². The molecule has 0 fully saturated rings. The van der Waals surface area contributed by atoms with Crippen molar-refractivity contribution >= 4 is 0 Å². The second-order valence-corrected chi connectivity index (χ2v) is 2.41. The number of ether oxygens (including phenoxy) is 1. The fourth-order valence-electron chi connectivity index (χ4n) is 0.774. The summed E-state index contributed by atoms with van der Waals surface area (Å²) in [7, 11) is 1.74. The van der Waals surface area contributed by atoms with Crippen LogP contribution < -0.4 is 0 Å². The van der Waals surface area contributed by atoms with Crippen molar-refractivity contribution in [2.24, 2.45) is 0 Å². The summed E-state index contributed by atoms with van der Waals surface area (Å²) in [6.45, 7) is 2.91. The quantitative estimate of drug-likeness (QED) is 0.422. The van der Waals surface area contributed by atoms with E-state index in [1.165, 1.54) is 0 Å². The summed E-state index contributed by atoms with van der Waals surface area (Å²) in [4.78, 5) is 0. The summed E-state index contributed by atoms with van der Waals surface area (Å²) in [5.41, 5.74) is 0. The lowest BCUT2D eigenvalue weighted by atomic mass is 10.2. The molecule has 0 atom stereocenters. The lowest BCUT2D eigenvalue weighted by molar-refractivity contribution is 0.196. The van der Waals surface area contributed by atoms with Gasteiger partial charge in [0.2, 0.25) is 0 Å². The average molecular weight is 154 g/mol. The third kappa shape index (κ3) is 9.44. The lowest BCUT2D eigenvalue weighted by Gasteiger charge is -1.92. The minimum atomic E-state index is 0.869. The maximum absolute atomic E-state index is 4.92. The van der Waals surface area contributed by atoms with Crippen LogP contribution in [0.2, 0.25) is 0 Å². The van der Waals surface area contributed by atoms with Gasteiger partial charge in [-0.25, -0.2) is 0 Å². The van der Waals surface area contributed by atoms with E-state index < -0.39 is 0 Å². The molecule has 0 aromatic rings. The Kier molecular flexibility index (Phi) is 8.96. The number of rotatable bonds is 6. The zero-order valence-corrected chi connectivity index (χ0v) is 7.55. The summed E-state index contributed by atoms with van der Waals surface area (Å²) < 4.78 is 4.92. The average Bonchev–Trinajstić information content (AvgIpc) is 2.03. The van der Waals surface area contributed by atoms with E-state index in [4.69, 9.17) is 4.74 Å². The smallest absolute Gasteiger partial charge is 0.0465 e. The molecule has 0 rings (SSSR count). The summed E-state index contributed by atoms with van der Waals surface area (Å²) in [5, 5.41) is 0. The van der Waals surface area contributed by atoms with Gasteiger partial charge in [0.05, 0.1) is 0 Å². The molecule has 0 N–H and O–H groups in total. The molecule has 11 heavy (non-hydrogen) atoms. The van der Waals surface area contributed by atoms with E-state index in [9.17, 15) is 0 Å². The molecule has 1 nitrogen and oxygen atoms in total.